The smallest absolute Gasteiger partial charge is 0.266 e. The number of nitriles is 1. The Morgan fingerprint density at radius 1 is 1.07 bits per heavy atom. The highest BCUT2D eigenvalue weighted by molar-refractivity contribution is 6.06. The molecule has 0 aliphatic carbocycles. The number of allylic oxidation sites excluding steroid dienone is 2. The minimum absolute atomic E-state index is 0.0550. The minimum atomic E-state index is -0.422. The van der Waals surface area contributed by atoms with Gasteiger partial charge in [0.05, 0.1) is 13.2 Å². The van der Waals surface area contributed by atoms with Crippen LogP contribution in [0.5, 0.6) is 0 Å². The van der Waals surface area contributed by atoms with Crippen molar-refractivity contribution in [3.8, 4) is 6.07 Å². The number of nitrogens with one attached hydrogen (secondary N) is 1. The highest BCUT2D eigenvalue weighted by Gasteiger charge is 2.12. The number of hydrogen-bond donors (Lipinski definition) is 1. The van der Waals surface area contributed by atoms with Gasteiger partial charge < -0.3 is 15.0 Å². The van der Waals surface area contributed by atoms with Crippen molar-refractivity contribution < 1.29 is 9.53 Å². The van der Waals surface area contributed by atoms with Gasteiger partial charge in [-0.05, 0) is 35.9 Å². The quantitative estimate of drug-likeness (QED) is 0.503. The number of nitrogens with zero attached hydrogens (tertiary/aromatic N) is 2. The molecule has 1 aliphatic rings. The van der Waals surface area contributed by atoms with Crippen molar-refractivity contribution in [2.45, 2.75) is 0 Å². The van der Waals surface area contributed by atoms with Crippen LogP contribution in [0.15, 0.2) is 72.3 Å². The third-order valence-corrected chi connectivity index (χ3v) is 4.22. The summed E-state index contributed by atoms with van der Waals surface area (Å²) in [5, 5.41) is 12.0. The number of amides is 1. The van der Waals surface area contributed by atoms with E-state index in [2.05, 4.69) is 10.2 Å². The van der Waals surface area contributed by atoms with Gasteiger partial charge in [-0.2, -0.15) is 5.26 Å². The molecular formula is C22H21N3O2. The molecule has 5 nitrogen and oxygen atoms in total. The average Bonchev–Trinajstić information content (AvgIpc) is 2.73. The summed E-state index contributed by atoms with van der Waals surface area (Å²) in [5.74, 6) is -0.422. The van der Waals surface area contributed by atoms with Crippen LogP contribution in [-0.4, -0.2) is 32.2 Å². The van der Waals surface area contributed by atoms with Crippen molar-refractivity contribution >= 4 is 23.4 Å². The monoisotopic (exact) mass is 359 g/mol. The fourth-order valence-corrected chi connectivity index (χ4v) is 2.76. The Morgan fingerprint density at radius 2 is 1.78 bits per heavy atom. The van der Waals surface area contributed by atoms with E-state index in [1.807, 2.05) is 66.7 Å². The van der Waals surface area contributed by atoms with Gasteiger partial charge in [0.15, 0.2) is 0 Å². The molecule has 1 heterocycles. The first-order valence-corrected chi connectivity index (χ1v) is 8.84. The van der Waals surface area contributed by atoms with Crippen molar-refractivity contribution in [1.29, 1.82) is 5.26 Å². The van der Waals surface area contributed by atoms with Crippen LogP contribution in [0.1, 0.15) is 5.56 Å². The van der Waals surface area contributed by atoms with Crippen LogP contribution in [0, 0.1) is 11.3 Å². The van der Waals surface area contributed by atoms with E-state index in [1.54, 1.807) is 6.08 Å². The summed E-state index contributed by atoms with van der Waals surface area (Å²) in [4.78, 5) is 14.6. The van der Waals surface area contributed by atoms with Gasteiger partial charge >= 0.3 is 0 Å². The van der Waals surface area contributed by atoms with Crippen LogP contribution in [0.3, 0.4) is 0 Å². The highest BCUT2D eigenvalue weighted by atomic mass is 16.5. The maximum absolute atomic E-state index is 12.3. The second kappa shape index (κ2) is 9.37. The lowest BCUT2D eigenvalue weighted by molar-refractivity contribution is -0.112. The number of carbonyl (C=O) groups is 1. The van der Waals surface area contributed by atoms with Crippen molar-refractivity contribution in [2.24, 2.45) is 0 Å². The Kier molecular flexibility index (Phi) is 6.40. The molecule has 2 aromatic carbocycles. The van der Waals surface area contributed by atoms with E-state index in [0.717, 1.165) is 37.6 Å². The summed E-state index contributed by atoms with van der Waals surface area (Å²) in [5.41, 5.74) is 2.81. The van der Waals surface area contributed by atoms with Gasteiger partial charge in [-0.15, -0.1) is 0 Å². The van der Waals surface area contributed by atoms with E-state index in [0.29, 0.717) is 5.69 Å². The van der Waals surface area contributed by atoms with Crippen LogP contribution in [0.4, 0.5) is 11.4 Å². The molecule has 0 unspecified atom stereocenters. The number of carbonyl (C=O) groups excluding carboxylic acids is 1. The first kappa shape index (κ1) is 18.4. The molecule has 0 bridgehead atoms. The lowest BCUT2D eigenvalue weighted by Crippen LogP contribution is -2.36. The first-order valence-electron chi connectivity index (χ1n) is 8.84. The van der Waals surface area contributed by atoms with E-state index >= 15 is 0 Å². The van der Waals surface area contributed by atoms with E-state index in [1.165, 1.54) is 6.08 Å². The van der Waals surface area contributed by atoms with Crippen LogP contribution >= 0.6 is 0 Å². The maximum Gasteiger partial charge on any atom is 0.266 e. The van der Waals surface area contributed by atoms with Gasteiger partial charge in [0.2, 0.25) is 0 Å². The van der Waals surface area contributed by atoms with Gasteiger partial charge in [-0.3, -0.25) is 4.79 Å². The largest absolute Gasteiger partial charge is 0.378 e. The lowest BCUT2D eigenvalue weighted by Gasteiger charge is -2.28. The van der Waals surface area contributed by atoms with Crippen molar-refractivity contribution in [2.75, 3.05) is 36.5 Å². The van der Waals surface area contributed by atoms with Gasteiger partial charge in [0.25, 0.3) is 5.91 Å². The molecule has 0 saturated carbocycles. The zero-order chi connectivity index (χ0) is 18.9. The molecule has 0 aromatic heterocycles. The zero-order valence-electron chi connectivity index (χ0n) is 15.0. The van der Waals surface area contributed by atoms with E-state index in [-0.39, 0.29) is 5.57 Å². The molecule has 1 saturated heterocycles. The molecule has 1 amide bonds. The molecule has 0 radical (unpaired) electrons. The standard InChI is InChI=1S/C22H21N3O2/c23-17-19(8-4-7-18-5-2-1-3-6-18)22(26)24-20-9-11-21(12-10-20)25-13-15-27-16-14-25/h1-12H,13-16H2,(H,24,26)/b7-4-,19-8+. The molecule has 3 rings (SSSR count). The maximum atomic E-state index is 12.3. The van der Waals surface area contributed by atoms with E-state index in [9.17, 15) is 10.1 Å². The van der Waals surface area contributed by atoms with Gasteiger partial charge in [0.1, 0.15) is 11.6 Å². The third kappa shape index (κ3) is 5.30. The predicted octanol–water partition coefficient (Wildman–Crippen LogP) is 3.63. The zero-order valence-corrected chi connectivity index (χ0v) is 15.0. The Bertz CT molecular complexity index is 859. The van der Waals surface area contributed by atoms with Crippen molar-refractivity contribution in [1.82, 2.24) is 0 Å². The predicted molar refractivity (Wildman–Crippen MR) is 107 cm³/mol. The fraction of sp³-hybridized carbons (Fsp3) is 0.182. The first-order chi connectivity index (χ1) is 13.3. The summed E-state index contributed by atoms with van der Waals surface area (Å²) in [6.45, 7) is 3.18. The molecule has 2 aromatic rings. The van der Waals surface area contributed by atoms with Gasteiger partial charge in [-0.1, -0.05) is 42.5 Å². The van der Waals surface area contributed by atoms with E-state index in [4.69, 9.17) is 4.74 Å². The SMILES string of the molecule is N#C/C(=C\C=C/c1ccccc1)C(=O)Nc1ccc(N2CCOCC2)cc1. The topological polar surface area (TPSA) is 65.4 Å². The highest BCUT2D eigenvalue weighted by Crippen LogP contribution is 2.19. The van der Waals surface area contributed by atoms with Crippen molar-refractivity contribution in [3.63, 3.8) is 0 Å². The normalized spacial score (nSPS) is 14.8. The summed E-state index contributed by atoms with van der Waals surface area (Å²) in [6.07, 6.45) is 5.07. The Labute approximate surface area is 159 Å². The molecule has 1 N–H and O–H groups in total. The molecule has 1 fully saturated rings. The number of hydrogen-bond acceptors (Lipinski definition) is 4. The second-order valence-corrected chi connectivity index (χ2v) is 6.06. The molecule has 27 heavy (non-hydrogen) atoms. The van der Waals surface area contributed by atoms with Gasteiger partial charge in [0, 0.05) is 24.5 Å². The van der Waals surface area contributed by atoms with Crippen LogP contribution in [-0.2, 0) is 9.53 Å². The summed E-state index contributed by atoms with van der Waals surface area (Å²) in [7, 11) is 0. The number of morpholine rings is 1. The number of benzene rings is 2. The molecule has 0 spiro atoms. The molecular weight excluding hydrogens is 338 g/mol. The molecule has 136 valence electrons. The Hall–Kier alpha value is -3.36. The number of rotatable bonds is 5. The average molecular weight is 359 g/mol. The van der Waals surface area contributed by atoms with E-state index < -0.39 is 5.91 Å². The van der Waals surface area contributed by atoms with Crippen LogP contribution < -0.4 is 10.2 Å². The molecule has 5 heteroatoms. The summed E-state index contributed by atoms with van der Waals surface area (Å²) < 4.78 is 5.36. The number of ether oxygens (including phenoxy) is 1. The van der Waals surface area contributed by atoms with Crippen LogP contribution in [0.25, 0.3) is 6.08 Å². The third-order valence-electron chi connectivity index (χ3n) is 4.22. The van der Waals surface area contributed by atoms with Crippen LogP contribution in [0.2, 0.25) is 0 Å². The Balaban J connectivity index is 1.61. The summed E-state index contributed by atoms with van der Waals surface area (Å²) in [6, 6.07) is 19.3. The van der Waals surface area contributed by atoms with Crippen molar-refractivity contribution in [3.05, 3.63) is 77.9 Å². The Morgan fingerprint density at radius 3 is 2.44 bits per heavy atom. The van der Waals surface area contributed by atoms with Gasteiger partial charge in [-0.25, -0.2) is 0 Å². The lowest BCUT2D eigenvalue weighted by atomic mass is 10.2. The summed E-state index contributed by atoms with van der Waals surface area (Å²) >= 11 is 0. The molecule has 0 atom stereocenters. The number of anilines is 2. The minimum Gasteiger partial charge on any atom is -0.378 e. The molecule has 1 aliphatic heterocycles. The fourth-order valence-electron chi connectivity index (χ4n) is 2.76. The second-order valence-electron chi connectivity index (χ2n) is 6.06.